The van der Waals surface area contributed by atoms with Crippen molar-refractivity contribution < 1.29 is 59.8 Å². The van der Waals surface area contributed by atoms with Crippen LogP contribution in [-0.4, -0.2) is 97.8 Å². The van der Waals surface area contributed by atoms with E-state index in [-0.39, 0.29) is 81.5 Å². The van der Waals surface area contributed by atoms with Gasteiger partial charge in [0.25, 0.3) is 0 Å². The second-order valence-corrected chi connectivity index (χ2v) is 17.0. The molecule has 10 rings (SSSR count). The molecule has 0 amide bonds. The van der Waals surface area contributed by atoms with E-state index >= 15 is 0 Å². The summed E-state index contributed by atoms with van der Waals surface area (Å²) in [5.74, 6) is -1.03. The lowest BCUT2D eigenvalue weighted by atomic mass is 10.0. The average molecular weight is 909 g/mol. The predicted octanol–water partition coefficient (Wildman–Crippen LogP) is 8.21. The fourth-order valence-electron chi connectivity index (χ4n) is 8.66. The molecule has 2 aliphatic rings. The zero-order valence-corrected chi connectivity index (χ0v) is 36.9. The Kier molecular flexibility index (Phi) is 10.5. The summed E-state index contributed by atoms with van der Waals surface area (Å²) in [5.41, 5.74) is 5.46. The van der Waals surface area contributed by atoms with Crippen molar-refractivity contribution in [2.24, 2.45) is 0 Å². The van der Waals surface area contributed by atoms with Crippen LogP contribution in [-0.2, 0) is 15.9 Å². The Morgan fingerprint density at radius 3 is 0.866 bits per heavy atom. The molecule has 2 atom stereocenters. The molecule has 0 saturated carbocycles. The SMILES string of the molecule is Cc1c(-c2c(C)c(O)n(-c3ccc(OCC4CO4)cc3)c2O)c(O)n(-c2ccc(Cc3ccc(-n4c(O)c(C)c(-c5c(C)c(O)n(-c6ccc(OCC7CO7)cc6)c5O)c4O)cc3)cc2)c1O. The Hall–Kier alpha value is -8.08. The highest BCUT2D eigenvalue weighted by Crippen LogP contribution is 2.52. The van der Waals surface area contributed by atoms with Crippen LogP contribution in [0, 0.1) is 27.7 Å². The third-order valence-electron chi connectivity index (χ3n) is 12.6. The Bertz CT molecular complexity index is 2960. The average Bonchev–Trinajstić information content (AvgIpc) is 4.26. The fraction of sp³-hybridized carbons (Fsp3) is 0.216. The van der Waals surface area contributed by atoms with Gasteiger partial charge in [-0.25, -0.2) is 0 Å². The standard InChI is InChI=1S/C51H48N4O12/c1-26-40(42-28(3)46(58)54(50(42)62)34-13-17-36(18-14-34)64-22-38-24-66-38)48(60)52(44(26)56)32-9-5-30(6-10-32)21-31-7-11-33(12-8-31)53-45(57)27(2)41(49(53)61)43-29(4)47(59)55(51(43)63)35-15-19-37(20-16-35)65-23-39-25-67-39/h5-20,38-39,56-63H,21-25H2,1-4H3. The summed E-state index contributed by atoms with van der Waals surface area (Å²) in [6.07, 6.45) is 0.677. The van der Waals surface area contributed by atoms with Gasteiger partial charge in [-0.05, 0) is 118 Å². The van der Waals surface area contributed by atoms with Crippen molar-refractivity contribution in [3.05, 3.63) is 130 Å². The van der Waals surface area contributed by atoms with Gasteiger partial charge < -0.3 is 59.8 Å². The van der Waals surface area contributed by atoms with E-state index in [1.165, 1.54) is 18.3 Å². The Morgan fingerprint density at radius 1 is 0.388 bits per heavy atom. The Morgan fingerprint density at radius 2 is 0.627 bits per heavy atom. The van der Waals surface area contributed by atoms with Gasteiger partial charge in [-0.15, -0.1) is 0 Å². The molecular weight excluding hydrogens is 861 g/mol. The maximum Gasteiger partial charge on any atom is 0.207 e. The highest BCUT2D eigenvalue weighted by atomic mass is 16.6. The van der Waals surface area contributed by atoms with E-state index in [1.54, 1.807) is 100 Å². The summed E-state index contributed by atoms with van der Waals surface area (Å²) < 4.78 is 26.9. The highest BCUT2D eigenvalue weighted by Gasteiger charge is 2.32. The number of nitrogens with zero attached hydrogens (tertiary/aromatic N) is 4. The zero-order chi connectivity index (χ0) is 47.0. The van der Waals surface area contributed by atoms with Crippen LogP contribution in [0.3, 0.4) is 0 Å². The first-order valence-corrected chi connectivity index (χ1v) is 21.6. The van der Waals surface area contributed by atoms with Crippen LogP contribution in [0.15, 0.2) is 97.1 Å². The number of epoxide rings is 2. The molecule has 6 heterocycles. The quantitative estimate of drug-likeness (QED) is 0.0484. The molecule has 0 radical (unpaired) electrons. The third kappa shape index (κ3) is 7.45. The number of benzene rings is 4. The molecule has 2 saturated heterocycles. The topological polar surface area (TPSA) is 225 Å². The number of hydrogen-bond donors (Lipinski definition) is 8. The van der Waals surface area contributed by atoms with Crippen molar-refractivity contribution in [3.63, 3.8) is 0 Å². The van der Waals surface area contributed by atoms with Gasteiger partial charge >= 0.3 is 0 Å². The van der Waals surface area contributed by atoms with Crippen LogP contribution in [0.4, 0.5) is 0 Å². The molecule has 8 N–H and O–H groups in total. The molecular formula is C51H48N4O12. The van der Waals surface area contributed by atoms with Crippen molar-refractivity contribution in [2.75, 3.05) is 26.4 Å². The molecule has 4 aromatic heterocycles. The molecule has 4 aromatic carbocycles. The van der Waals surface area contributed by atoms with Crippen LogP contribution in [0.25, 0.3) is 45.0 Å². The number of rotatable bonds is 14. The highest BCUT2D eigenvalue weighted by molar-refractivity contribution is 5.86. The van der Waals surface area contributed by atoms with Gasteiger partial charge in [0, 0.05) is 22.3 Å². The smallest absolute Gasteiger partial charge is 0.207 e. The van der Waals surface area contributed by atoms with Crippen LogP contribution < -0.4 is 9.47 Å². The molecule has 2 unspecified atom stereocenters. The normalized spacial score (nSPS) is 15.3. The van der Waals surface area contributed by atoms with Crippen molar-refractivity contribution in [1.82, 2.24) is 18.3 Å². The van der Waals surface area contributed by atoms with Crippen molar-refractivity contribution in [3.8, 4) is 104 Å². The largest absolute Gasteiger partial charge is 0.494 e. The Balaban J connectivity index is 0.868. The zero-order valence-electron chi connectivity index (χ0n) is 36.9. The van der Waals surface area contributed by atoms with Gasteiger partial charge in [-0.2, -0.15) is 0 Å². The minimum absolute atomic E-state index is 0.0923. The minimum atomic E-state index is -0.328. The molecule has 2 aliphatic heterocycles. The molecule has 67 heavy (non-hydrogen) atoms. The number of aromatic hydroxyl groups is 8. The van der Waals surface area contributed by atoms with E-state index in [2.05, 4.69) is 0 Å². The van der Waals surface area contributed by atoms with E-state index in [0.29, 0.717) is 89.4 Å². The van der Waals surface area contributed by atoms with Gasteiger partial charge in [0.2, 0.25) is 47.0 Å². The molecule has 0 bridgehead atoms. The van der Waals surface area contributed by atoms with Gasteiger partial charge in [0.15, 0.2) is 0 Å². The molecule has 16 nitrogen and oxygen atoms in total. The second-order valence-electron chi connectivity index (χ2n) is 17.0. The van der Waals surface area contributed by atoms with Gasteiger partial charge in [0.1, 0.15) is 36.9 Å². The predicted molar refractivity (Wildman–Crippen MR) is 247 cm³/mol. The number of hydrogen-bond acceptors (Lipinski definition) is 12. The molecule has 2 fully saturated rings. The molecule has 0 spiro atoms. The summed E-state index contributed by atoms with van der Waals surface area (Å²) in [7, 11) is 0. The summed E-state index contributed by atoms with van der Waals surface area (Å²) in [6.45, 7) is 8.68. The molecule has 16 heteroatoms. The third-order valence-corrected chi connectivity index (χ3v) is 12.6. The van der Waals surface area contributed by atoms with Crippen molar-refractivity contribution in [2.45, 2.75) is 46.3 Å². The first kappa shape index (κ1) is 42.8. The Labute approximate surface area is 383 Å². The van der Waals surface area contributed by atoms with Crippen LogP contribution >= 0.6 is 0 Å². The van der Waals surface area contributed by atoms with Crippen molar-refractivity contribution in [1.29, 1.82) is 0 Å². The maximum atomic E-state index is 11.6. The lowest BCUT2D eigenvalue weighted by Gasteiger charge is -2.11. The lowest BCUT2D eigenvalue weighted by Crippen LogP contribution is -2.04. The van der Waals surface area contributed by atoms with Crippen LogP contribution in [0.1, 0.15) is 33.4 Å². The van der Waals surface area contributed by atoms with Gasteiger partial charge in [-0.1, -0.05) is 24.3 Å². The number of ether oxygens (including phenoxy) is 4. The summed E-state index contributed by atoms with van der Waals surface area (Å²) in [6, 6.07) is 28.1. The first-order chi connectivity index (χ1) is 32.2. The van der Waals surface area contributed by atoms with Crippen molar-refractivity contribution >= 4 is 0 Å². The first-order valence-electron chi connectivity index (χ1n) is 21.6. The van der Waals surface area contributed by atoms with Gasteiger partial charge in [0.05, 0.1) is 58.2 Å². The van der Waals surface area contributed by atoms with E-state index in [4.69, 9.17) is 18.9 Å². The van der Waals surface area contributed by atoms with E-state index in [1.807, 2.05) is 24.3 Å². The van der Waals surface area contributed by atoms with E-state index in [0.717, 1.165) is 11.1 Å². The minimum Gasteiger partial charge on any atom is -0.494 e. The monoisotopic (exact) mass is 908 g/mol. The second kappa shape index (κ2) is 16.4. The summed E-state index contributed by atoms with van der Waals surface area (Å²) in [4.78, 5) is 0. The molecule has 344 valence electrons. The van der Waals surface area contributed by atoms with E-state index < -0.39 is 0 Å². The fourth-order valence-corrected chi connectivity index (χ4v) is 8.66. The van der Waals surface area contributed by atoms with Crippen LogP contribution in [0.2, 0.25) is 0 Å². The summed E-state index contributed by atoms with van der Waals surface area (Å²) in [5, 5.41) is 91.4. The molecule has 0 aliphatic carbocycles. The lowest BCUT2D eigenvalue weighted by molar-refractivity contribution is 0.263. The molecule has 8 aromatic rings. The summed E-state index contributed by atoms with van der Waals surface area (Å²) >= 11 is 0. The van der Waals surface area contributed by atoms with Gasteiger partial charge in [-0.3, -0.25) is 18.3 Å². The number of aromatic nitrogens is 4. The maximum absolute atomic E-state index is 11.6. The van der Waals surface area contributed by atoms with E-state index in [9.17, 15) is 40.9 Å². The van der Waals surface area contributed by atoms with Crippen LogP contribution in [0.5, 0.6) is 58.5 Å².